The molecule has 1 amide bonds. The highest BCUT2D eigenvalue weighted by Crippen LogP contribution is 2.21. The number of ether oxygens (including phenoxy) is 1. The summed E-state index contributed by atoms with van der Waals surface area (Å²) in [7, 11) is 1.69. The first-order valence-corrected chi connectivity index (χ1v) is 6.93. The van der Waals surface area contributed by atoms with Gasteiger partial charge in [-0.25, -0.2) is 4.98 Å². The molecule has 2 aromatic heterocycles. The molecular formula is C16H16N4O2. The number of carbonyl (C=O) groups is 1. The molecule has 0 saturated carbocycles. The third-order valence-electron chi connectivity index (χ3n) is 3.36. The average molecular weight is 296 g/mol. The standard InChI is InChI=1S/C16H16N4O2/c1-22-9-8-20-7-4-12-10-13(2-3-15(12)20)19-16(21)14-11-17-5-6-18-14/h2-7,10-11H,8-9H2,1H3,(H,19,21). The zero-order valence-corrected chi connectivity index (χ0v) is 12.2. The maximum Gasteiger partial charge on any atom is 0.275 e. The minimum atomic E-state index is -0.272. The van der Waals surface area contributed by atoms with E-state index in [1.165, 1.54) is 18.6 Å². The van der Waals surface area contributed by atoms with Crippen molar-refractivity contribution in [3.05, 3.63) is 54.7 Å². The molecule has 2 heterocycles. The number of benzene rings is 1. The van der Waals surface area contributed by atoms with E-state index in [1.807, 2.05) is 30.5 Å². The summed E-state index contributed by atoms with van der Waals surface area (Å²) in [6.45, 7) is 1.46. The highest BCUT2D eigenvalue weighted by atomic mass is 16.5. The van der Waals surface area contributed by atoms with Crippen molar-refractivity contribution in [3.8, 4) is 0 Å². The van der Waals surface area contributed by atoms with Crippen molar-refractivity contribution in [1.29, 1.82) is 0 Å². The van der Waals surface area contributed by atoms with Crippen LogP contribution >= 0.6 is 0 Å². The zero-order valence-electron chi connectivity index (χ0n) is 12.2. The second kappa shape index (κ2) is 6.36. The Kier molecular flexibility index (Phi) is 4.11. The largest absolute Gasteiger partial charge is 0.383 e. The molecule has 6 heteroatoms. The van der Waals surface area contributed by atoms with Gasteiger partial charge in [0.25, 0.3) is 5.91 Å². The molecule has 6 nitrogen and oxygen atoms in total. The van der Waals surface area contributed by atoms with Gasteiger partial charge in [-0.05, 0) is 24.3 Å². The van der Waals surface area contributed by atoms with Crippen molar-refractivity contribution in [1.82, 2.24) is 14.5 Å². The molecule has 0 spiro atoms. The topological polar surface area (TPSA) is 69.0 Å². The van der Waals surface area contributed by atoms with E-state index < -0.39 is 0 Å². The van der Waals surface area contributed by atoms with Gasteiger partial charge in [0.2, 0.25) is 0 Å². The number of methoxy groups -OCH3 is 1. The molecule has 0 aliphatic heterocycles. The molecule has 0 fully saturated rings. The second-order valence-electron chi connectivity index (χ2n) is 4.82. The molecule has 3 rings (SSSR count). The maximum absolute atomic E-state index is 12.1. The molecule has 22 heavy (non-hydrogen) atoms. The SMILES string of the molecule is COCCn1ccc2cc(NC(=O)c3cnccn3)ccc21. The van der Waals surface area contributed by atoms with E-state index in [0.717, 1.165) is 23.1 Å². The van der Waals surface area contributed by atoms with Crippen LogP contribution in [0.15, 0.2) is 49.1 Å². The Hall–Kier alpha value is -2.73. The number of fused-ring (bicyclic) bond motifs is 1. The van der Waals surface area contributed by atoms with E-state index >= 15 is 0 Å². The molecule has 0 saturated heterocycles. The normalized spacial score (nSPS) is 10.8. The van der Waals surface area contributed by atoms with Gasteiger partial charge in [0.1, 0.15) is 5.69 Å². The molecule has 0 aliphatic rings. The lowest BCUT2D eigenvalue weighted by molar-refractivity contribution is 0.102. The Labute approximate surface area is 127 Å². The number of hydrogen-bond acceptors (Lipinski definition) is 4. The lowest BCUT2D eigenvalue weighted by Crippen LogP contribution is -2.13. The van der Waals surface area contributed by atoms with Crippen molar-refractivity contribution in [2.45, 2.75) is 6.54 Å². The van der Waals surface area contributed by atoms with Gasteiger partial charge >= 0.3 is 0 Å². The minimum Gasteiger partial charge on any atom is -0.383 e. The van der Waals surface area contributed by atoms with Gasteiger partial charge in [-0.1, -0.05) is 0 Å². The molecule has 1 N–H and O–H groups in total. The maximum atomic E-state index is 12.1. The molecule has 0 unspecified atom stereocenters. The Bertz CT molecular complexity index is 783. The van der Waals surface area contributed by atoms with Crippen LogP contribution in [0.1, 0.15) is 10.5 Å². The van der Waals surface area contributed by atoms with Gasteiger partial charge in [0.05, 0.1) is 12.8 Å². The van der Waals surface area contributed by atoms with Crippen molar-refractivity contribution < 1.29 is 9.53 Å². The number of rotatable bonds is 5. The van der Waals surface area contributed by atoms with Crippen molar-refractivity contribution in [3.63, 3.8) is 0 Å². The Morgan fingerprint density at radius 2 is 2.23 bits per heavy atom. The van der Waals surface area contributed by atoms with Gasteiger partial charge in [-0.2, -0.15) is 0 Å². The molecule has 3 aromatic rings. The molecule has 0 radical (unpaired) electrons. The first-order chi connectivity index (χ1) is 10.8. The number of nitrogens with zero attached hydrogens (tertiary/aromatic N) is 3. The molecule has 0 aliphatic carbocycles. The zero-order chi connectivity index (χ0) is 15.4. The lowest BCUT2D eigenvalue weighted by Gasteiger charge is -2.07. The summed E-state index contributed by atoms with van der Waals surface area (Å²) in [5.74, 6) is -0.272. The summed E-state index contributed by atoms with van der Waals surface area (Å²) in [4.78, 5) is 19.9. The Morgan fingerprint density at radius 3 is 3.00 bits per heavy atom. The van der Waals surface area contributed by atoms with E-state index in [1.54, 1.807) is 7.11 Å². The summed E-state index contributed by atoms with van der Waals surface area (Å²) >= 11 is 0. The van der Waals surface area contributed by atoms with Crippen LogP contribution in [0.4, 0.5) is 5.69 Å². The van der Waals surface area contributed by atoms with E-state index in [4.69, 9.17) is 4.74 Å². The fourth-order valence-corrected chi connectivity index (χ4v) is 2.27. The molecule has 1 aromatic carbocycles. The lowest BCUT2D eigenvalue weighted by atomic mass is 10.2. The number of aromatic nitrogens is 3. The van der Waals surface area contributed by atoms with E-state index in [9.17, 15) is 4.79 Å². The summed E-state index contributed by atoms with van der Waals surface area (Å²) in [5.41, 5.74) is 2.13. The van der Waals surface area contributed by atoms with Gasteiger partial charge in [0, 0.05) is 48.8 Å². The summed E-state index contributed by atoms with van der Waals surface area (Å²) in [6, 6.07) is 7.81. The third kappa shape index (κ3) is 2.96. The highest BCUT2D eigenvalue weighted by Gasteiger charge is 2.08. The molecular weight excluding hydrogens is 280 g/mol. The summed E-state index contributed by atoms with van der Waals surface area (Å²) in [5, 5.41) is 3.89. The predicted molar refractivity (Wildman–Crippen MR) is 83.8 cm³/mol. The summed E-state index contributed by atoms with van der Waals surface area (Å²) < 4.78 is 7.22. The van der Waals surface area contributed by atoms with E-state index in [0.29, 0.717) is 12.3 Å². The average Bonchev–Trinajstić information content (AvgIpc) is 2.96. The first-order valence-electron chi connectivity index (χ1n) is 6.93. The number of hydrogen-bond donors (Lipinski definition) is 1. The summed E-state index contributed by atoms with van der Waals surface area (Å²) in [6.07, 6.45) is 6.48. The van der Waals surface area contributed by atoms with Crippen LogP contribution in [-0.2, 0) is 11.3 Å². The number of nitrogens with one attached hydrogen (secondary N) is 1. The van der Waals surface area contributed by atoms with E-state index in [2.05, 4.69) is 19.9 Å². The van der Waals surface area contributed by atoms with E-state index in [-0.39, 0.29) is 5.91 Å². The number of anilines is 1. The Balaban J connectivity index is 1.79. The van der Waals surface area contributed by atoms with Crippen LogP contribution in [0, 0.1) is 0 Å². The quantitative estimate of drug-likeness (QED) is 0.784. The Morgan fingerprint density at radius 1 is 1.32 bits per heavy atom. The van der Waals surface area contributed by atoms with Crippen LogP contribution in [0.2, 0.25) is 0 Å². The van der Waals surface area contributed by atoms with Crippen LogP contribution in [0.25, 0.3) is 10.9 Å². The first kappa shape index (κ1) is 14.2. The van der Waals surface area contributed by atoms with Crippen LogP contribution in [0.3, 0.4) is 0 Å². The molecule has 0 bridgehead atoms. The van der Waals surface area contributed by atoms with Gasteiger partial charge < -0.3 is 14.6 Å². The predicted octanol–water partition coefficient (Wildman–Crippen LogP) is 2.33. The van der Waals surface area contributed by atoms with Gasteiger partial charge in [-0.3, -0.25) is 9.78 Å². The van der Waals surface area contributed by atoms with Crippen molar-refractivity contribution >= 4 is 22.5 Å². The van der Waals surface area contributed by atoms with Gasteiger partial charge in [-0.15, -0.1) is 0 Å². The van der Waals surface area contributed by atoms with Crippen molar-refractivity contribution in [2.75, 3.05) is 19.0 Å². The number of amides is 1. The third-order valence-corrected chi connectivity index (χ3v) is 3.36. The molecule has 0 atom stereocenters. The smallest absolute Gasteiger partial charge is 0.275 e. The fraction of sp³-hybridized carbons (Fsp3) is 0.188. The van der Waals surface area contributed by atoms with Crippen LogP contribution < -0.4 is 5.32 Å². The van der Waals surface area contributed by atoms with Crippen LogP contribution in [0.5, 0.6) is 0 Å². The second-order valence-corrected chi connectivity index (χ2v) is 4.82. The fourth-order valence-electron chi connectivity index (χ4n) is 2.27. The van der Waals surface area contributed by atoms with Crippen molar-refractivity contribution in [2.24, 2.45) is 0 Å². The molecule has 112 valence electrons. The monoisotopic (exact) mass is 296 g/mol. The van der Waals surface area contributed by atoms with Crippen LogP contribution in [-0.4, -0.2) is 34.2 Å². The van der Waals surface area contributed by atoms with Gasteiger partial charge in [0.15, 0.2) is 0 Å². The highest BCUT2D eigenvalue weighted by molar-refractivity contribution is 6.03. The number of carbonyl (C=O) groups excluding carboxylic acids is 1. The minimum absolute atomic E-state index is 0.272.